The summed E-state index contributed by atoms with van der Waals surface area (Å²) in [6, 6.07) is 0. The number of nitrogens with two attached hydrogens (primary N) is 2. The number of hydrogen-bond donors (Lipinski definition) is 2. The van der Waals surface area contributed by atoms with Gasteiger partial charge in [0.2, 0.25) is 0 Å². The quantitative estimate of drug-likeness (QED) is 0.493. The molecule has 74 valence electrons. The van der Waals surface area contributed by atoms with Crippen molar-refractivity contribution in [2.75, 3.05) is 26.3 Å². The van der Waals surface area contributed by atoms with E-state index in [1.165, 1.54) is 0 Å². The van der Waals surface area contributed by atoms with Gasteiger partial charge in [-0.2, -0.15) is 0 Å². The zero-order chi connectivity index (χ0) is 9.23. The molecule has 1 aliphatic heterocycles. The summed E-state index contributed by atoms with van der Waals surface area (Å²) < 4.78 is 19.8. The van der Waals surface area contributed by atoms with Crippen molar-refractivity contribution in [2.24, 2.45) is 11.5 Å². The van der Waals surface area contributed by atoms with Crippen molar-refractivity contribution in [3.8, 4) is 0 Å². The van der Waals surface area contributed by atoms with Gasteiger partial charge >= 0.3 is 8.25 Å². The maximum atomic E-state index is 10.4. The molecular weight excluding hydrogens is 219 g/mol. The first-order valence-corrected chi connectivity index (χ1v) is 5.04. The van der Waals surface area contributed by atoms with E-state index in [0.29, 0.717) is 26.3 Å². The second kappa shape index (κ2) is 13.2. The molecule has 0 atom stereocenters. The zero-order valence-corrected chi connectivity index (χ0v) is 10.9. The molecule has 0 aromatic rings. The molecule has 0 unspecified atom stereocenters. The molecule has 1 saturated heterocycles. The number of hydrogen-bond acceptors (Lipinski definition) is 5. The van der Waals surface area contributed by atoms with Crippen LogP contribution in [0.25, 0.3) is 0 Å². The van der Waals surface area contributed by atoms with Gasteiger partial charge in [-0.15, -0.1) is 9.05 Å². The average molecular weight is 235 g/mol. The Kier molecular flexibility index (Phi) is 16.9. The van der Waals surface area contributed by atoms with Gasteiger partial charge in [0.1, 0.15) is 13.2 Å². The minimum Gasteiger partial charge on any atom is -0.329 e. The van der Waals surface area contributed by atoms with Crippen LogP contribution in [0.3, 0.4) is 0 Å². The maximum absolute atomic E-state index is 10.4. The predicted octanol–water partition coefficient (Wildman–Crippen LogP) is -0.00620. The summed E-state index contributed by atoms with van der Waals surface area (Å²) in [7, 11) is -1.77. The molecule has 2 radical (unpaired) electrons. The maximum Gasteiger partial charge on any atom is 0.697 e. The Morgan fingerprint density at radius 1 is 1.08 bits per heavy atom. The van der Waals surface area contributed by atoms with Crippen molar-refractivity contribution in [1.29, 1.82) is 0 Å². The Labute approximate surface area is 109 Å². The predicted molar refractivity (Wildman–Crippen MR) is 52.6 cm³/mol. The summed E-state index contributed by atoms with van der Waals surface area (Å²) >= 11 is 0. The molecule has 13 heavy (non-hydrogen) atoms. The van der Waals surface area contributed by atoms with E-state index < -0.39 is 8.25 Å². The monoisotopic (exact) mass is 235 g/mol. The third-order valence-corrected chi connectivity index (χ3v) is 1.89. The largest absolute Gasteiger partial charge is 0.697 e. The van der Waals surface area contributed by atoms with Crippen LogP contribution in [0, 0.1) is 0 Å². The van der Waals surface area contributed by atoms with Crippen LogP contribution in [-0.4, -0.2) is 64.0 Å². The molecule has 0 aliphatic carbocycles. The molecular formula is C6H16CaN2O3P+. The van der Waals surface area contributed by atoms with Gasteiger partial charge in [0.25, 0.3) is 0 Å². The van der Waals surface area contributed by atoms with Gasteiger partial charge in [-0.25, -0.2) is 0 Å². The van der Waals surface area contributed by atoms with E-state index in [1.54, 1.807) is 0 Å². The second-order valence-corrected chi connectivity index (χ2v) is 3.14. The minimum atomic E-state index is -1.77. The van der Waals surface area contributed by atoms with Crippen molar-refractivity contribution < 1.29 is 13.6 Å². The molecule has 1 fully saturated rings. The normalized spacial score (nSPS) is 16.3. The Balaban J connectivity index is 0. The summed E-state index contributed by atoms with van der Waals surface area (Å²) in [5, 5.41) is 0. The zero-order valence-electron chi connectivity index (χ0n) is 7.78. The third-order valence-electron chi connectivity index (χ3n) is 1.10. The van der Waals surface area contributed by atoms with E-state index in [9.17, 15) is 4.57 Å². The van der Waals surface area contributed by atoms with Gasteiger partial charge in [0.05, 0.1) is 0 Å². The summed E-state index contributed by atoms with van der Waals surface area (Å²) in [4.78, 5) is 0. The van der Waals surface area contributed by atoms with Gasteiger partial charge in [-0.3, -0.25) is 0 Å². The molecule has 0 spiro atoms. The van der Waals surface area contributed by atoms with Crippen LogP contribution in [0.2, 0.25) is 0 Å². The fraction of sp³-hybridized carbons (Fsp3) is 1.00. The van der Waals surface area contributed by atoms with Crippen molar-refractivity contribution in [1.82, 2.24) is 0 Å². The Morgan fingerprint density at radius 3 is 1.77 bits per heavy atom. The van der Waals surface area contributed by atoms with E-state index in [1.807, 2.05) is 0 Å². The standard InChI is InChI=1S/C4H8O3P.C2H8N2.Ca/c5-8-6-3-1-2-4-7-8;3-1-2-4;/h1-4H2;1-4H2;/q+1;;. The topological polar surface area (TPSA) is 87.6 Å². The Morgan fingerprint density at radius 2 is 1.46 bits per heavy atom. The van der Waals surface area contributed by atoms with Crippen molar-refractivity contribution in [2.45, 2.75) is 12.8 Å². The van der Waals surface area contributed by atoms with Crippen molar-refractivity contribution in [3.63, 3.8) is 0 Å². The van der Waals surface area contributed by atoms with E-state index >= 15 is 0 Å². The van der Waals surface area contributed by atoms with E-state index in [2.05, 4.69) is 9.05 Å². The first kappa shape index (κ1) is 16.6. The fourth-order valence-electron chi connectivity index (χ4n) is 0.520. The van der Waals surface area contributed by atoms with Crippen LogP contribution >= 0.6 is 8.25 Å². The molecule has 5 nitrogen and oxygen atoms in total. The SMILES string of the molecule is NCCN.O=[P+]1OCCCCO1.[Ca]. The first-order valence-electron chi connectivity index (χ1n) is 3.94. The summed E-state index contributed by atoms with van der Waals surface area (Å²) in [5.74, 6) is 0. The summed E-state index contributed by atoms with van der Waals surface area (Å²) in [6.45, 7) is 2.35. The van der Waals surface area contributed by atoms with Crippen LogP contribution in [0.4, 0.5) is 0 Å². The Bertz CT molecular complexity index is 116. The smallest absolute Gasteiger partial charge is 0.329 e. The van der Waals surface area contributed by atoms with Gasteiger partial charge in [0, 0.05) is 55.4 Å². The molecule has 0 saturated carbocycles. The van der Waals surface area contributed by atoms with Crippen molar-refractivity contribution >= 4 is 46.0 Å². The van der Waals surface area contributed by atoms with Crippen molar-refractivity contribution in [3.05, 3.63) is 0 Å². The molecule has 4 N–H and O–H groups in total. The number of rotatable bonds is 1. The second-order valence-electron chi connectivity index (χ2n) is 2.17. The molecule has 0 aromatic carbocycles. The fourth-order valence-corrected chi connectivity index (χ4v) is 1.15. The van der Waals surface area contributed by atoms with E-state index in [-0.39, 0.29) is 37.7 Å². The van der Waals surface area contributed by atoms with Gasteiger partial charge in [-0.1, -0.05) is 0 Å². The molecule has 0 amide bonds. The Hall–Kier alpha value is 1.20. The summed E-state index contributed by atoms with van der Waals surface area (Å²) in [5.41, 5.74) is 9.81. The first-order chi connectivity index (χ1) is 5.81. The molecule has 0 bridgehead atoms. The third kappa shape index (κ3) is 13.2. The summed E-state index contributed by atoms with van der Waals surface area (Å²) in [6.07, 6.45) is 1.92. The molecule has 1 heterocycles. The van der Waals surface area contributed by atoms with Gasteiger partial charge < -0.3 is 11.5 Å². The van der Waals surface area contributed by atoms with E-state index in [0.717, 1.165) is 12.8 Å². The van der Waals surface area contributed by atoms with Crippen LogP contribution in [0.1, 0.15) is 12.8 Å². The van der Waals surface area contributed by atoms with E-state index in [4.69, 9.17) is 11.5 Å². The minimum absolute atomic E-state index is 0. The van der Waals surface area contributed by atoms with Crippen LogP contribution in [0.15, 0.2) is 0 Å². The van der Waals surface area contributed by atoms with Crippen LogP contribution < -0.4 is 11.5 Å². The molecule has 1 rings (SSSR count). The molecule has 7 heteroatoms. The van der Waals surface area contributed by atoms with Gasteiger partial charge in [-0.05, 0) is 12.8 Å². The van der Waals surface area contributed by atoms with Crippen LogP contribution in [-0.2, 0) is 13.6 Å². The van der Waals surface area contributed by atoms with Gasteiger partial charge in [0.15, 0.2) is 0 Å². The van der Waals surface area contributed by atoms with Crippen LogP contribution in [0.5, 0.6) is 0 Å². The molecule has 0 aromatic heterocycles. The molecule has 1 aliphatic rings. The average Bonchev–Trinajstić information content (AvgIpc) is 2.33.